The molecule has 0 aromatic rings. The predicted molar refractivity (Wildman–Crippen MR) is 45.6 cm³/mol. The fourth-order valence-corrected chi connectivity index (χ4v) is 1.39. The molecule has 1 saturated heterocycles. The number of aliphatic hydroxyl groups excluding tert-OH is 1. The smallest absolute Gasteiger partial charge is 0.0664 e. The summed E-state index contributed by atoms with van der Waals surface area (Å²) in [6.45, 7) is 8.16. The maximum absolute atomic E-state index is 9.31. The molecule has 1 heterocycles. The van der Waals surface area contributed by atoms with Crippen LogP contribution in [0.4, 0.5) is 0 Å². The first-order valence-corrected chi connectivity index (χ1v) is 4.34. The van der Waals surface area contributed by atoms with Gasteiger partial charge in [-0.2, -0.15) is 0 Å². The van der Waals surface area contributed by atoms with Crippen molar-refractivity contribution in [1.29, 1.82) is 0 Å². The average molecular weight is 158 g/mol. The quantitative estimate of drug-likeness (QED) is 0.577. The number of rotatable bonds is 2. The average Bonchev–Trinajstić information content (AvgIpc) is 2.05. The molecule has 0 aromatic carbocycles. The first-order chi connectivity index (χ1) is 5.22. The lowest BCUT2D eigenvalue weighted by atomic mass is 10.1. The van der Waals surface area contributed by atoms with Crippen molar-refractivity contribution in [1.82, 2.24) is 10.2 Å². The maximum Gasteiger partial charge on any atom is 0.0664 e. The zero-order valence-electron chi connectivity index (χ0n) is 7.38. The summed E-state index contributed by atoms with van der Waals surface area (Å²) < 4.78 is 0. The van der Waals surface area contributed by atoms with Crippen molar-refractivity contribution in [2.45, 2.75) is 26.0 Å². The number of nitrogens with zero attached hydrogens (tertiary/aromatic N) is 1. The molecule has 3 heteroatoms. The molecular weight excluding hydrogens is 140 g/mol. The Labute approximate surface area is 68.4 Å². The number of piperazine rings is 1. The molecule has 2 N–H and O–H groups in total. The van der Waals surface area contributed by atoms with Crippen LogP contribution in [0.2, 0.25) is 0 Å². The van der Waals surface area contributed by atoms with Crippen LogP contribution in [-0.4, -0.2) is 48.3 Å². The van der Waals surface area contributed by atoms with Gasteiger partial charge in [0.25, 0.3) is 0 Å². The molecule has 2 atom stereocenters. The Kier molecular flexibility index (Phi) is 3.30. The number of hydrogen-bond donors (Lipinski definition) is 2. The van der Waals surface area contributed by atoms with Crippen molar-refractivity contribution in [3.8, 4) is 0 Å². The molecule has 0 saturated carbocycles. The lowest BCUT2D eigenvalue weighted by Crippen LogP contribution is -2.50. The van der Waals surface area contributed by atoms with Crippen molar-refractivity contribution < 1.29 is 5.11 Å². The SMILES string of the molecule is CC(O)C(C)N1CCNCC1. The molecule has 0 aromatic heterocycles. The normalized spacial score (nSPS) is 26.5. The van der Waals surface area contributed by atoms with E-state index in [-0.39, 0.29) is 6.10 Å². The van der Waals surface area contributed by atoms with Crippen molar-refractivity contribution in [3.63, 3.8) is 0 Å². The summed E-state index contributed by atoms with van der Waals surface area (Å²) in [4.78, 5) is 2.32. The number of aliphatic hydroxyl groups is 1. The lowest BCUT2D eigenvalue weighted by Gasteiger charge is -2.34. The molecule has 1 aliphatic rings. The molecule has 11 heavy (non-hydrogen) atoms. The minimum atomic E-state index is -0.215. The highest BCUT2D eigenvalue weighted by atomic mass is 16.3. The van der Waals surface area contributed by atoms with Crippen LogP contribution in [0.5, 0.6) is 0 Å². The zero-order chi connectivity index (χ0) is 8.27. The summed E-state index contributed by atoms with van der Waals surface area (Å²) in [5.41, 5.74) is 0. The van der Waals surface area contributed by atoms with E-state index in [2.05, 4.69) is 17.1 Å². The number of nitrogens with one attached hydrogen (secondary N) is 1. The fraction of sp³-hybridized carbons (Fsp3) is 1.00. The summed E-state index contributed by atoms with van der Waals surface area (Å²) >= 11 is 0. The molecule has 2 unspecified atom stereocenters. The second-order valence-corrected chi connectivity index (χ2v) is 3.27. The van der Waals surface area contributed by atoms with E-state index in [4.69, 9.17) is 0 Å². The molecular formula is C8H18N2O. The first-order valence-electron chi connectivity index (χ1n) is 4.34. The van der Waals surface area contributed by atoms with E-state index in [1.165, 1.54) is 0 Å². The van der Waals surface area contributed by atoms with Gasteiger partial charge in [-0.25, -0.2) is 0 Å². The summed E-state index contributed by atoms with van der Waals surface area (Å²) in [6, 6.07) is 0.303. The summed E-state index contributed by atoms with van der Waals surface area (Å²) in [5, 5.41) is 12.6. The molecule has 3 nitrogen and oxygen atoms in total. The van der Waals surface area contributed by atoms with E-state index in [1.54, 1.807) is 0 Å². The fourth-order valence-electron chi connectivity index (χ4n) is 1.39. The summed E-state index contributed by atoms with van der Waals surface area (Å²) in [7, 11) is 0. The van der Waals surface area contributed by atoms with Crippen LogP contribution >= 0.6 is 0 Å². The van der Waals surface area contributed by atoms with Crippen LogP contribution in [0.3, 0.4) is 0 Å². The van der Waals surface area contributed by atoms with E-state index in [0.717, 1.165) is 26.2 Å². The van der Waals surface area contributed by atoms with Crippen LogP contribution in [0.1, 0.15) is 13.8 Å². The van der Waals surface area contributed by atoms with Crippen molar-refractivity contribution in [2.24, 2.45) is 0 Å². The van der Waals surface area contributed by atoms with Gasteiger partial charge in [-0.1, -0.05) is 0 Å². The van der Waals surface area contributed by atoms with Gasteiger partial charge in [0, 0.05) is 32.2 Å². The maximum atomic E-state index is 9.31. The third-order valence-corrected chi connectivity index (χ3v) is 2.43. The molecule has 0 spiro atoms. The van der Waals surface area contributed by atoms with Crippen molar-refractivity contribution in [2.75, 3.05) is 26.2 Å². The standard InChI is InChI=1S/C8H18N2O/c1-7(8(2)11)10-5-3-9-4-6-10/h7-9,11H,3-6H2,1-2H3. The molecule has 66 valence electrons. The number of hydrogen-bond acceptors (Lipinski definition) is 3. The van der Waals surface area contributed by atoms with Crippen LogP contribution in [-0.2, 0) is 0 Å². The van der Waals surface area contributed by atoms with Gasteiger partial charge in [0.15, 0.2) is 0 Å². The highest BCUT2D eigenvalue weighted by molar-refractivity contribution is 4.76. The van der Waals surface area contributed by atoms with Crippen molar-refractivity contribution in [3.05, 3.63) is 0 Å². The molecule has 0 bridgehead atoms. The third kappa shape index (κ3) is 2.43. The van der Waals surface area contributed by atoms with E-state index in [0.29, 0.717) is 6.04 Å². The monoisotopic (exact) mass is 158 g/mol. The molecule has 0 aliphatic carbocycles. The van der Waals surface area contributed by atoms with Crippen LogP contribution < -0.4 is 5.32 Å². The highest BCUT2D eigenvalue weighted by Gasteiger charge is 2.19. The second-order valence-electron chi connectivity index (χ2n) is 3.27. The molecule has 0 amide bonds. The van der Waals surface area contributed by atoms with Gasteiger partial charge in [0.2, 0.25) is 0 Å². The Morgan fingerprint density at radius 1 is 1.27 bits per heavy atom. The second kappa shape index (κ2) is 4.04. The topological polar surface area (TPSA) is 35.5 Å². The summed E-state index contributed by atoms with van der Waals surface area (Å²) in [6.07, 6.45) is -0.215. The largest absolute Gasteiger partial charge is 0.392 e. The van der Waals surface area contributed by atoms with Gasteiger partial charge in [-0.05, 0) is 13.8 Å². The Hall–Kier alpha value is -0.120. The molecule has 1 fully saturated rings. The van der Waals surface area contributed by atoms with Gasteiger partial charge in [0.1, 0.15) is 0 Å². The minimum absolute atomic E-state index is 0.215. The van der Waals surface area contributed by atoms with E-state index in [1.807, 2.05) is 6.92 Å². The van der Waals surface area contributed by atoms with E-state index in [9.17, 15) is 5.11 Å². The van der Waals surface area contributed by atoms with Crippen molar-refractivity contribution >= 4 is 0 Å². The highest BCUT2D eigenvalue weighted by Crippen LogP contribution is 2.04. The van der Waals surface area contributed by atoms with Gasteiger partial charge in [-0.15, -0.1) is 0 Å². The van der Waals surface area contributed by atoms with E-state index >= 15 is 0 Å². The first kappa shape index (κ1) is 8.97. The van der Waals surface area contributed by atoms with E-state index < -0.39 is 0 Å². The van der Waals surface area contributed by atoms with Gasteiger partial charge >= 0.3 is 0 Å². The lowest BCUT2D eigenvalue weighted by molar-refractivity contribution is 0.0633. The third-order valence-electron chi connectivity index (χ3n) is 2.43. The summed E-state index contributed by atoms with van der Waals surface area (Å²) in [5.74, 6) is 0. The van der Waals surface area contributed by atoms with Gasteiger partial charge in [0.05, 0.1) is 6.10 Å². The van der Waals surface area contributed by atoms with Gasteiger partial charge in [-0.3, -0.25) is 4.90 Å². The zero-order valence-corrected chi connectivity index (χ0v) is 7.38. The van der Waals surface area contributed by atoms with Crippen LogP contribution in [0, 0.1) is 0 Å². The Balaban J connectivity index is 2.32. The molecule has 1 aliphatic heterocycles. The molecule has 0 radical (unpaired) electrons. The predicted octanol–water partition coefficient (Wildman–Crippen LogP) is -0.339. The Morgan fingerprint density at radius 3 is 2.27 bits per heavy atom. The molecule has 1 rings (SSSR count). The van der Waals surface area contributed by atoms with Gasteiger partial charge < -0.3 is 10.4 Å². The van der Waals surface area contributed by atoms with Crippen LogP contribution in [0.15, 0.2) is 0 Å². The minimum Gasteiger partial charge on any atom is -0.392 e. The van der Waals surface area contributed by atoms with Crippen LogP contribution in [0.25, 0.3) is 0 Å². The Bertz CT molecular complexity index is 111. The Morgan fingerprint density at radius 2 is 1.82 bits per heavy atom.